The summed E-state index contributed by atoms with van der Waals surface area (Å²) in [5, 5.41) is 3.43. The van der Waals surface area contributed by atoms with Crippen molar-refractivity contribution < 1.29 is 4.79 Å². The minimum absolute atomic E-state index is 0.190. The van der Waals surface area contributed by atoms with E-state index in [4.69, 9.17) is 0 Å². The summed E-state index contributed by atoms with van der Waals surface area (Å²) in [5.41, 5.74) is 4.77. The van der Waals surface area contributed by atoms with E-state index < -0.39 is 0 Å². The van der Waals surface area contributed by atoms with Crippen molar-refractivity contribution in [2.24, 2.45) is 0 Å². The smallest absolute Gasteiger partial charge is 0.226 e. The maximum absolute atomic E-state index is 13.0. The lowest BCUT2D eigenvalue weighted by Gasteiger charge is -2.37. The van der Waals surface area contributed by atoms with E-state index in [0.717, 1.165) is 37.4 Å². The number of benzene rings is 2. The number of piperidine rings is 1. The number of nitrogens with one attached hydrogen (secondary N) is 1. The molecule has 4 rings (SSSR count). The molecule has 0 spiro atoms. The van der Waals surface area contributed by atoms with Crippen LogP contribution in [0.25, 0.3) is 6.08 Å². The largest absolute Gasteiger partial charge is 0.381 e. The number of carbonyl (C=O) groups excluding carboxylic acids is 1. The molecule has 2 aromatic rings. The van der Waals surface area contributed by atoms with Crippen molar-refractivity contribution in [3.8, 4) is 0 Å². The molecule has 29 heavy (non-hydrogen) atoms. The number of para-hydroxylation sites is 1. The molecule has 0 radical (unpaired) electrons. The molecule has 2 aliphatic rings. The Bertz CT molecular complexity index is 855. The molecule has 1 saturated heterocycles. The molecule has 2 heterocycles. The molecular formula is C25H31N3O. The van der Waals surface area contributed by atoms with Crippen LogP contribution >= 0.6 is 0 Å². The second kappa shape index (κ2) is 9.27. The summed E-state index contributed by atoms with van der Waals surface area (Å²) >= 11 is 0. The minimum Gasteiger partial charge on any atom is -0.381 e. The van der Waals surface area contributed by atoms with Gasteiger partial charge in [0.15, 0.2) is 0 Å². The minimum atomic E-state index is 0.190. The van der Waals surface area contributed by atoms with Crippen molar-refractivity contribution in [2.75, 3.05) is 38.5 Å². The quantitative estimate of drug-likeness (QED) is 0.786. The number of carbonyl (C=O) groups is 1. The molecule has 152 valence electrons. The molecule has 4 nitrogen and oxygen atoms in total. The van der Waals surface area contributed by atoms with Gasteiger partial charge in [-0.25, -0.2) is 0 Å². The molecular weight excluding hydrogens is 358 g/mol. The molecule has 0 bridgehead atoms. The van der Waals surface area contributed by atoms with Crippen LogP contribution in [0.4, 0.5) is 5.69 Å². The lowest BCUT2D eigenvalue weighted by Crippen LogP contribution is -2.41. The zero-order valence-electron chi connectivity index (χ0n) is 17.3. The number of hydrogen-bond donors (Lipinski definition) is 1. The number of hydrogen-bond acceptors (Lipinski definition) is 3. The first-order valence-electron chi connectivity index (χ1n) is 10.8. The van der Waals surface area contributed by atoms with E-state index in [-0.39, 0.29) is 11.9 Å². The van der Waals surface area contributed by atoms with Gasteiger partial charge in [0.2, 0.25) is 5.91 Å². The van der Waals surface area contributed by atoms with Gasteiger partial charge in [0.25, 0.3) is 0 Å². The molecule has 0 saturated carbocycles. The Hall–Kier alpha value is -2.59. The average molecular weight is 390 g/mol. The van der Waals surface area contributed by atoms with Gasteiger partial charge < -0.3 is 10.2 Å². The Labute approximate surface area is 174 Å². The summed E-state index contributed by atoms with van der Waals surface area (Å²) in [5.74, 6) is 0.190. The number of likely N-dealkylation sites (N-methyl/N-ethyl adjacent to an activating group) is 1. The molecule has 1 N–H and O–H groups in total. The maximum Gasteiger partial charge on any atom is 0.226 e. The highest BCUT2D eigenvalue weighted by Crippen LogP contribution is 2.27. The first-order chi connectivity index (χ1) is 14.2. The fourth-order valence-corrected chi connectivity index (χ4v) is 4.40. The summed E-state index contributed by atoms with van der Waals surface area (Å²) in [6.45, 7) is 3.71. The van der Waals surface area contributed by atoms with Gasteiger partial charge in [-0.2, -0.15) is 0 Å². The lowest BCUT2D eigenvalue weighted by atomic mass is 10.00. The van der Waals surface area contributed by atoms with Gasteiger partial charge in [-0.1, -0.05) is 61.0 Å². The van der Waals surface area contributed by atoms with Crippen LogP contribution in [-0.4, -0.2) is 48.9 Å². The number of nitrogens with zero attached hydrogens (tertiary/aromatic N) is 2. The molecule has 2 aromatic carbocycles. The maximum atomic E-state index is 13.0. The highest BCUT2D eigenvalue weighted by molar-refractivity contribution is 5.82. The fourth-order valence-electron chi connectivity index (χ4n) is 4.40. The first-order valence-corrected chi connectivity index (χ1v) is 10.8. The van der Waals surface area contributed by atoms with Gasteiger partial charge in [-0.05, 0) is 48.7 Å². The Morgan fingerprint density at radius 2 is 1.76 bits per heavy atom. The molecule has 1 unspecified atom stereocenters. The predicted octanol–water partition coefficient (Wildman–Crippen LogP) is 4.57. The topological polar surface area (TPSA) is 35.6 Å². The van der Waals surface area contributed by atoms with Crippen molar-refractivity contribution in [1.82, 2.24) is 9.80 Å². The summed E-state index contributed by atoms with van der Waals surface area (Å²) in [7, 11) is 1.95. The van der Waals surface area contributed by atoms with Crippen LogP contribution < -0.4 is 5.32 Å². The van der Waals surface area contributed by atoms with Crippen LogP contribution in [0.1, 0.15) is 42.9 Å². The van der Waals surface area contributed by atoms with Gasteiger partial charge in [0.05, 0.1) is 6.04 Å². The second-order valence-electron chi connectivity index (χ2n) is 8.22. The average Bonchev–Trinajstić information content (AvgIpc) is 2.78. The summed E-state index contributed by atoms with van der Waals surface area (Å²) in [6, 6.07) is 19.2. The SMILES string of the molecule is CN(CC(c1ccccc1)N1CCCCC1)C(=O)CC1=Cc2ccccc2NC1. The highest BCUT2D eigenvalue weighted by Gasteiger charge is 2.25. The van der Waals surface area contributed by atoms with E-state index in [2.05, 4.69) is 58.8 Å². The molecule has 1 fully saturated rings. The van der Waals surface area contributed by atoms with Gasteiger partial charge in [-0.15, -0.1) is 0 Å². The van der Waals surface area contributed by atoms with E-state index >= 15 is 0 Å². The Morgan fingerprint density at radius 3 is 2.55 bits per heavy atom. The van der Waals surface area contributed by atoms with Gasteiger partial charge in [0, 0.05) is 32.2 Å². The first kappa shape index (κ1) is 19.7. The third-order valence-corrected chi connectivity index (χ3v) is 6.09. The Kier molecular flexibility index (Phi) is 6.30. The molecule has 1 amide bonds. The van der Waals surface area contributed by atoms with Crippen LogP contribution in [0, 0.1) is 0 Å². The molecule has 0 aromatic heterocycles. The summed E-state index contributed by atoms with van der Waals surface area (Å²) < 4.78 is 0. The van der Waals surface area contributed by atoms with Crippen molar-refractivity contribution >= 4 is 17.7 Å². The van der Waals surface area contributed by atoms with Crippen LogP contribution in [-0.2, 0) is 4.79 Å². The Balaban J connectivity index is 1.44. The van der Waals surface area contributed by atoms with E-state index in [1.165, 1.54) is 30.4 Å². The van der Waals surface area contributed by atoms with E-state index in [0.29, 0.717) is 6.42 Å². The molecule has 4 heteroatoms. The number of rotatable bonds is 6. The monoisotopic (exact) mass is 389 g/mol. The van der Waals surface area contributed by atoms with E-state index in [9.17, 15) is 4.79 Å². The van der Waals surface area contributed by atoms with Crippen LogP contribution in [0.2, 0.25) is 0 Å². The van der Waals surface area contributed by atoms with Gasteiger partial charge >= 0.3 is 0 Å². The number of amides is 1. The molecule has 2 aliphatic heterocycles. The third kappa shape index (κ3) is 4.88. The number of fused-ring (bicyclic) bond motifs is 1. The molecule has 0 aliphatic carbocycles. The zero-order valence-corrected chi connectivity index (χ0v) is 17.3. The summed E-state index contributed by atoms with van der Waals surface area (Å²) in [4.78, 5) is 17.5. The van der Waals surface area contributed by atoms with Gasteiger partial charge in [-0.3, -0.25) is 9.69 Å². The number of likely N-dealkylation sites (tertiary alicyclic amines) is 1. The van der Waals surface area contributed by atoms with E-state index in [1.807, 2.05) is 24.1 Å². The zero-order chi connectivity index (χ0) is 20.1. The van der Waals surface area contributed by atoms with Crippen molar-refractivity contribution in [3.05, 3.63) is 71.3 Å². The fraction of sp³-hybridized carbons (Fsp3) is 0.400. The van der Waals surface area contributed by atoms with E-state index in [1.54, 1.807) is 0 Å². The van der Waals surface area contributed by atoms with Crippen molar-refractivity contribution in [3.63, 3.8) is 0 Å². The second-order valence-corrected chi connectivity index (χ2v) is 8.22. The van der Waals surface area contributed by atoms with Crippen LogP contribution in [0.15, 0.2) is 60.2 Å². The van der Waals surface area contributed by atoms with Crippen molar-refractivity contribution in [1.29, 1.82) is 0 Å². The van der Waals surface area contributed by atoms with Crippen LogP contribution in [0.3, 0.4) is 0 Å². The van der Waals surface area contributed by atoms with Gasteiger partial charge in [0.1, 0.15) is 0 Å². The third-order valence-electron chi connectivity index (χ3n) is 6.09. The molecule has 1 atom stereocenters. The predicted molar refractivity (Wildman–Crippen MR) is 120 cm³/mol. The summed E-state index contributed by atoms with van der Waals surface area (Å²) in [6.07, 6.45) is 6.45. The van der Waals surface area contributed by atoms with Crippen molar-refractivity contribution in [2.45, 2.75) is 31.7 Å². The normalized spacial score (nSPS) is 17.6. The van der Waals surface area contributed by atoms with Crippen LogP contribution in [0.5, 0.6) is 0 Å². The lowest BCUT2D eigenvalue weighted by molar-refractivity contribution is -0.130. The Morgan fingerprint density at radius 1 is 1.03 bits per heavy atom. The standard InChI is InChI=1S/C25H31N3O/c1-27(25(29)17-20-16-22-12-6-7-13-23(22)26-18-20)19-24(21-10-4-2-5-11-21)28-14-8-3-9-15-28/h2,4-7,10-13,16,24,26H,3,8-9,14-15,17-19H2,1H3. The highest BCUT2D eigenvalue weighted by atomic mass is 16.2. The number of anilines is 1.